The van der Waals surface area contributed by atoms with Gasteiger partial charge in [-0.25, -0.2) is 0 Å². The molecule has 0 aromatic rings. The fourth-order valence-corrected chi connectivity index (χ4v) is 2.67. The lowest BCUT2D eigenvalue weighted by Crippen LogP contribution is -2.53. The van der Waals surface area contributed by atoms with Crippen LogP contribution in [0.1, 0.15) is 32.1 Å². The summed E-state index contributed by atoms with van der Waals surface area (Å²) in [7, 11) is 0. The van der Waals surface area contributed by atoms with E-state index in [-0.39, 0.29) is 17.0 Å². The fourth-order valence-electron chi connectivity index (χ4n) is 2.67. The zero-order chi connectivity index (χ0) is 9.26. The van der Waals surface area contributed by atoms with E-state index in [1.165, 1.54) is 12.8 Å². The third-order valence-corrected chi connectivity index (χ3v) is 3.32. The van der Waals surface area contributed by atoms with Crippen molar-refractivity contribution in [3.63, 3.8) is 0 Å². The Kier molecular flexibility index (Phi) is 2.49. The molecular formula is C9H16N2O2. The second-order valence-corrected chi connectivity index (χ2v) is 4.09. The van der Waals surface area contributed by atoms with Crippen molar-refractivity contribution in [2.24, 2.45) is 0 Å². The molecule has 4 nitrogen and oxygen atoms in total. The van der Waals surface area contributed by atoms with Crippen molar-refractivity contribution in [1.29, 1.82) is 0 Å². The van der Waals surface area contributed by atoms with Crippen LogP contribution in [0.5, 0.6) is 0 Å². The van der Waals surface area contributed by atoms with Crippen molar-refractivity contribution in [1.82, 2.24) is 4.90 Å². The van der Waals surface area contributed by atoms with Gasteiger partial charge in [-0.3, -0.25) is 15.0 Å². The summed E-state index contributed by atoms with van der Waals surface area (Å²) in [5.41, 5.74) is 0. The highest BCUT2D eigenvalue weighted by atomic mass is 16.6. The molecule has 2 heterocycles. The maximum absolute atomic E-state index is 10.8. The molecule has 0 aromatic carbocycles. The van der Waals surface area contributed by atoms with E-state index in [1.54, 1.807) is 0 Å². The van der Waals surface area contributed by atoms with E-state index in [0.29, 0.717) is 0 Å². The first-order chi connectivity index (χ1) is 6.29. The smallest absolute Gasteiger partial charge is 0.228 e. The van der Waals surface area contributed by atoms with Crippen LogP contribution in [0.15, 0.2) is 0 Å². The Balaban J connectivity index is 2.06. The molecule has 74 valence electrons. The minimum atomic E-state index is -0.283. The molecule has 0 amide bonds. The van der Waals surface area contributed by atoms with Gasteiger partial charge in [-0.05, 0) is 32.4 Å². The number of rotatable bonds is 1. The predicted molar refractivity (Wildman–Crippen MR) is 49.2 cm³/mol. The molecule has 2 aliphatic rings. The lowest BCUT2D eigenvalue weighted by atomic mass is 9.89. The Morgan fingerprint density at radius 3 is 2.69 bits per heavy atom. The van der Waals surface area contributed by atoms with Crippen molar-refractivity contribution in [2.75, 3.05) is 13.1 Å². The highest BCUT2D eigenvalue weighted by molar-refractivity contribution is 4.87. The van der Waals surface area contributed by atoms with Crippen LogP contribution in [0.4, 0.5) is 0 Å². The summed E-state index contributed by atoms with van der Waals surface area (Å²) < 4.78 is 0. The molecule has 0 radical (unpaired) electrons. The Morgan fingerprint density at radius 1 is 1.15 bits per heavy atom. The number of nitro groups is 1. The molecule has 0 aromatic heterocycles. The van der Waals surface area contributed by atoms with Gasteiger partial charge in [0.2, 0.25) is 6.04 Å². The fraction of sp³-hybridized carbons (Fsp3) is 1.00. The lowest BCUT2D eigenvalue weighted by molar-refractivity contribution is -0.535. The van der Waals surface area contributed by atoms with Crippen molar-refractivity contribution >= 4 is 0 Å². The van der Waals surface area contributed by atoms with Gasteiger partial charge in [0.1, 0.15) is 0 Å². The van der Waals surface area contributed by atoms with Gasteiger partial charge in [0.25, 0.3) is 0 Å². The van der Waals surface area contributed by atoms with Crippen LogP contribution in [0.25, 0.3) is 0 Å². The van der Waals surface area contributed by atoms with Crippen LogP contribution in [-0.2, 0) is 0 Å². The van der Waals surface area contributed by atoms with Crippen molar-refractivity contribution in [3.05, 3.63) is 10.1 Å². The molecule has 0 spiro atoms. The van der Waals surface area contributed by atoms with E-state index in [4.69, 9.17) is 0 Å². The van der Waals surface area contributed by atoms with Gasteiger partial charge in [0.15, 0.2) is 0 Å². The van der Waals surface area contributed by atoms with Gasteiger partial charge in [-0.15, -0.1) is 0 Å². The van der Waals surface area contributed by atoms with E-state index in [9.17, 15) is 10.1 Å². The Bertz CT molecular complexity index is 206. The first kappa shape index (κ1) is 8.94. The average Bonchev–Trinajstić information content (AvgIpc) is 2.17. The third-order valence-electron chi connectivity index (χ3n) is 3.32. The molecule has 0 unspecified atom stereocenters. The first-order valence-electron chi connectivity index (χ1n) is 5.16. The van der Waals surface area contributed by atoms with Gasteiger partial charge in [-0.1, -0.05) is 6.42 Å². The summed E-state index contributed by atoms with van der Waals surface area (Å²) in [6, 6.07) is -0.0356. The van der Waals surface area contributed by atoms with Gasteiger partial charge >= 0.3 is 0 Å². The average molecular weight is 184 g/mol. The number of hydrogen-bond donors (Lipinski definition) is 0. The molecule has 2 atom stereocenters. The highest BCUT2D eigenvalue weighted by Gasteiger charge is 2.39. The van der Waals surface area contributed by atoms with E-state index < -0.39 is 0 Å². The minimum absolute atomic E-state index is 0.0673. The SMILES string of the molecule is O=[N+]([O-])[C@H]1CCCN2CCCC[C@H]12. The zero-order valence-electron chi connectivity index (χ0n) is 7.82. The van der Waals surface area contributed by atoms with E-state index >= 15 is 0 Å². The van der Waals surface area contributed by atoms with Crippen molar-refractivity contribution in [2.45, 2.75) is 44.2 Å². The molecule has 0 aliphatic carbocycles. The monoisotopic (exact) mass is 184 g/mol. The molecule has 2 fully saturated rings. The quantitative estimate of drug-likeness (QED) is 0.455. The van der Waals surface area contributed by atoms with Gasteiger partial charge in [0, 0.05) is 11.3 Å². The number of nitrogens with zero attached hydrogens (tertiary/aromatic N) is 2. The van der Waals surface area contributed by atoms with Crippen LogP contribution in [-0.4, -0.2) is 35.0 Å². The minimum Gasteiger partial charge on any atom is -0.294 e. The summed E-state index contributed by atoms with van der Waals surface area (Å²) in [5, 5.41) is 10.8. The van der Waals surface area contributed by atoms with Crippen molar-refractivity contribution < 1.29 is 4.92 Å². The maximum Gasteiger partial charge on any atom is 0.228 e. The van der Waals surface area contributed by atoms with Gasteiger partial charge < -0.3 is 0 Å². The molecule has 2 saturated heterocycles. The predicted octanol–water partition coefficient (Wildman–Crippen LogP) is 1.28. The zero-order valence-corrected chi connectivity index (χ0v) is 7.82. The van der Waals surface area contributed by atoms with E-state index in [2.05, 4.69) is 4.90 Å². The third kappa shape index (κ3) is 1.68. The van der Waals surface area contributed by atoms with Gasteiger partial charge in [0.05, 0.1) is 6.04 Å². The maximum atomic E-state index is 10.8. The van der Waals surface area contributed by atoms with Crippen LogP contribution in [0.3, 0.4) is 0 Å². The second-order valence-electron chi connectivity index (χ2n) is 4.09. The second kappa shape index (κ2) is 3.62. The molecule has 2 aliphatic heterocycles. The molecule has 0 saturated carbocycles. The number of fused-ring (bicyclic) bond motifs is 1. The number of hydrogen-bond acceptors (Lipinski definition) is 3. The summed E-state index contributed by atoms with van der Waals surface area (Å²) in [6.45, 7) is 2.16. The standard InChI is InChI=1S/C9H16N2O2/c12-11(13)9-5-3-7-10-6-2-1-4-8(9)10/h8-9H,1-7H2/t8-,9+/m1/s1. The highest BCUT2D eigenvalue weighted by Crippen LogP contribution is 2.27. The molecule has 4 heteroatoms. The first-order valence-corrected chi connectivity index (χ1v) is 5.16. The van der Waals surface area contributed by atoms with Crippen molar-refractivity contribution in [3.8, 4) is 0 Å². The normalized spacial score (nSPS) is 35.4. The topological polar surface area (TPSA) is 46.4 Å². The Hall–Kier alpha value is -0.640. The Labute approximate surface area is 78.1 Å². The van der Waals surface area contributed by atoms with Crippen LogP contribution in [0, 0.1) is 10.1 Å². The molecule has 2 rings (SSSR count). The van der Waals surface area contributed by atoms with Gasteiger partial charge in [-0.2, -0.15) is 0 Å². The molecule has 0 N–H and O–H groups in total. The number of piperidine rings is 2. The Morgan fingerprint density at radius 2 is 1.92 bits per heavy atom. The summed E-state index contributed by atoms with van der Waals surface area (Å²) in [6.07, 6.45) is 5.22. The summed E-state index contributed by atoms with van der Waals surface area (Å²) >= 11 is 0. The summed E-state index contributed by atoms with van der Waals surface area (Å²) in [5.74, 6) is 0. The molecule has 13 heavy (non-hydrogen) atoms. The molecule has 0 bridgehead atoms. The summed E-state index contributed by atoms with van der Waals surface area (Å²) in [4.78, 5) is 13.0. The molecular weight excluding hydrogens is 168 g/mol. The van der Waals surface area contributed by atoms with Crippen LogP contribution < -0.4 is 0 Å². The van der Waals surface area contributed by atoms with Crippen LogP contribution in [0.2, 0.25) is 0 Å². The van der Waals surface area contributed by atoms with E-state index in [0.717, 1.165) is 32.4 Å². The lowest BCUT2D eigenvalue weighted by Gasteiger charge is -2.40. The van der Waals surface area contributed by atoms with E-state index in [1.807, 2.05) is 0 Å². The largest absolute Gasteiger partial charge is 0.294 e. The van der Waals surface area contributed by atoms with Crippen LogP contribution >= 0.6 is 0 Å².